The molecule has 9 heteroatoms. The minimum Gasteiger partial charge on any atom is -0.449 e. The number of nitrogens with one attached hydrogen (secondary N) is 1. The summed E-state index contributed by atoms with van der Waals surface area (Å²) in [6, 6.07) is 42.5. The lowest BCUT2D eigenvalue weighted by atomic mass is 9.80. The van der Waals surface area contributed by atoms with Crippen LogP contribution in [-0.2, 0) is 29.5 Å². The van der Waals surface area contributed by atoms with Gasteiger partial charge in [0.1, 0.15) is 24.7 Å². The second kappa shape index (κ2) is 18.4. The van der Waals surface area contributed by atoms with Crippen LogP contribution in [0.3, 0.4) is 0 Å². The number of rotatable bonds is 14. The van der Waals surface area contributed by atoms with Crippen LogP contribution in [0.2, 0.25) is 0 Å². The maximum Gasteiger partial charge on any atom is 0.407 e. The van der Waals surface area contributed by atoms with Crippen LogP contribution in [0, 0.1) is 11.8 Å². The van der Waals surface area contributed by atoms with Crippen molar-refractivity contribution in [3.05, 3.63) is 167 Å². The van der Waals surface area contributed by atoms with Crippen molar-refractivity contribution in [3.8, 4) is 11.1 Å². The van der Waals surface area contributed by atoms with Crippen LogP contribution >= 0.6 is 0 Å². The van der Waals surface area contributed by atoms with Crippen molar-refractivity contribution < 1.29 is 28.7 Å². The summed E-state index contributed by atoms with van der Waals surface area (Å²) >= 11 is 0. The molecular weight excluding hydrogens is 751 g/mol. The van der Waals surface area contributed by atoms with Crippen LogP contribution in [0.15, 0.2) is 140 Å². The number of carbonyl (C=O) groups is 4. The highest BCUT2D eigenvalue weighted by atomic mass is 16.6. The van der Waals surface area contributed by atoms with E-state index in [0.29, 0.717) is 25.8 Å². The molecule has 3 amide bonds. The number of hydrogen-bond acceptors (Lipinski definition) is 6. The summed E-state index contributed by atoms with van der Waals surface area (Å²) in [4.78, 5) is 60.5. The van der Waals surface area contributed by atoms with Crippen molar-refractivity contribution in [1.29, 1.82) is 0 Å². The van der Waals surface area contributed by atoms with E-state index in [-0.39, 0.29) is 30.3 Å². The van der Waals surface area contributed by atoms with Gasteiger partial charge in [-0.15, -0.1) is 0 Å². The van der Waals surface area contributed by atoms with E-state index >= 15 is 0 Å². The zero-order valence-corrected chi connectivity index (χ0v) is 35.1. The summed E-state index contributed by atoms with van der Waals surface area (Å²) in [5, 5.41) is 2.87. The Morgan fingerprint density at radius 2 is 1.22 bits per heavy atom. The molecule has 7 rings (SSSR count). The number of likely N-dealkylation sites (tertiary alicyclic amines) is 1. The molecular formula is C51H55N3O6. The molecule has 5 aromatic carbocycles. The van der Waals surface area contributed by atoms with Crippen LogP contribution in [-0.4, -0.2) is 72.0 Å². The molecule has 0 unspecified atom stereocenters. The first kappa shape index (κ1) is 41.9. The lowest BCUT2D eigenvalue weighted by Crippen LogP contribution is -2.59. The first-order valence-electron chi connectivity index (χ1n) is 21.1. The van der Waals surface area contributed by atoms with Gasteiger partial charge in [-0.2, -0.15) is 0 Å². The van der Waals surface area contributed by atoms with Crippen molar-refractivity contribution >= 4 is 23.9 Å². The van der Waals surface area contributed by atoms with Gasteiger partial charge in [-0.1, -0.05) is 174 Å². The van der Waals surface area contributed by atoms with Crippen LogP contribution in [0.25, 0.3) is 11.1 Å². The van der Waals surface area contributed by atoms with E-state index in [0.717, 1.165) is 38.9 Å². The topological polar surface area (TPSA) is 105 Å². The molecule has 1 aliphatic heterocycles. The lowest BCUT2D eigenvalue weighted by Gasteiger charge is -2.39. The van der Waals surface area contributed by atoms with Crippen molar-refractivity contribution in [2.45, 2.75) is 76.6 Å². The number of ether oxygens (including phenoxy) is 2. The van der Waals surface area contributed by atoms with Gasteiger partial charge in [-0.05, 0) is 46.9 Å². The number of alkyl carbamates (subject to hydrolysis) is 1. The summed E-state index contributed by atoms with van der Waals surface area (Å²) in [7, 11) is 1.61. The quantitative estimate of drug-likeness (QED) is 0.0888. The molecule has 1 heterocycles. The number of nitrogens with zero attached hydrogens (tertiary/aromatic N) is 2. The van der Waals surface area contributed by atoms with Gasteiger partial charge in [-0.25, -0.2) is 9.59 Å². The summed E-state index contributed by atoms with van der Waals surface area (Å²) in [5.74, 6) is -1.98. The Morgan fingerprint density at radius 3 is 1.70 bits per heavy atom. The molecule has 0 saturated carbocycles. The molecule has 0 radical (unpaired) electrons. The molecule has 0 spiro atoms. The predicted octanol–water partition coefficient (Wildman–Crippen LogP) is 8.95. The fraction of sp³-hybridized carbons (Fsp3) is 0.333. The number of amides is 3. The summed E-state index contributed by atoms with van der Waals surface area (Å²) in [6.07, 6.45) is 0.917. The van der Waals surface area contributed by atoms with Gasteiger partial charge in [0.15, 0.2) is 5.60 Å². The van der Waals surface area contributed by atoms with Crippen LogP contribution in [0.1, 0.15) is 80.7 Å². The Morgan fingerprint density at radius 1 is 0.733 bits per heavy atom. The maximum atomic E-state index is 14.8. The molecule has 310 valence electrons. The zero-order chi connectivity index (χ0) is 42.4. The third-order valence-corrected chi connectivity index (χ3v) is 12.3. The van der Waals surface area contributed by atoms with E-state index in [1.165, 1.54) is 4.90 Å². The van der Waals surface area contributed by atoms with Crippen LogP contribution in [0.4, 0.5) is 4.79 Å². The Balaban J connectivity index is 1.10. The Hall–Kier alpha value is -6.22. The van der Waals surface area contributed by atoms with E-state index < -0.39 is 41.7 Å². The third-order valence-electron chi connectivity index (χ3n) is 12.3. The fourth-order valence-electron chi connectivity index (χ4n) is 9.06. The summed E-state index contributed by atoms with van der Waals surface area (Å²) in [6.45, 7) is 8.08. The molecule has 2 aliphatic rings. The van der Waals surface area contributed by atoms with Crippen molar-refractivity contribution in [2.24, 2.45) is 11.8 Å². The predicted molar refractivity (Wildman–Crippen MR) is 233 cm³/mol. The Labute approximate surface area is 353 Å². The Bertz CT molecular complexity index is 2140. The van der Waals surface area contributed by atoms with Crippen LogP contribution in [0.5, 0.6) is 0 Å². The van der Waals surface area contributed by atoms with Crippen molar-refractivity contribution in [3.63, 3.8) is 0 Å². The monoisotopic (exact) mass is 805 g/mol. The van der Waals surface area contributed by atoms with E-state index in [1.807, 2.05) is 143 Å². The molecule has 1 saturated heterocycles. The SMILES string of the molecule is CC[C@H](C)[C@H](NC(=O)OCC1c2ccccc2-c2ccccc21)C(=O)N(C)[C@H](C(=O)N1CCC[C@H]1C(=O)OC(c1ccccc1)(c1ccccc1)c1ccccc1)C(C)C. The van der Waals surface area contributed by atoms with Crippen LogP contribution < -0.4 is 5.32 Å². The normalized spacial score (nSPS) is 16.3. The minimum absolute atomic E-state index is 0.108. The zero-order valence-electron chi connectivity index (χ0n) is 35.1. The van der Waals surface area contributed by atoms with E-state index in [9.17, 15) is 19.2 Å². The van der Waals surface area contributed by atoms with E-state index in [4.69, 9.17) is 9.47 Å². The van der Waals surface area contributed by atoms with Gasteiger partial charge in [0.05, 0.1) is 0 Å². The second-order valence-corrected chi connectivity index (χ2v) is 16.4. The number of esters is 1. The second-order valence-electron chi connectivity index (χ2n) is 16.4. The maximum absolute atomic E-state index is 14.8. The van der Waals surface area contributed by atoms with Gasteiger partial charge in [0.25, 0.3) is 0 Å². The summed E-state index contributed by atoms with van der Waals surface area (Å²) in [5.41, 5.74) is 5.46. The number of fused-ring (bicyclic) bond motifs is 3. The minimum atomic E-state index is -1.29. The molecule has 5 aromatic rings. The Kier molecular flexibility index (Phi) is 12.8. The van der Waals surface area contributed by atoms with Gasteiger partial charge in [-0.3, -0.25) is 9.59 Å². The summed E-state index contributed by atoms with van der Waals surface area (Å²) < 4.78 is 12.6. The molecule has 1 N–H and O–H groups in total. The molecule has 4 atom stereocenters. The van der Waals surface area contributed by atoms with Gasteiger partial charge >= 0.3 is 12.1 Å². The highest BCUT2D eigenvalue weighted by molar-refractivity contribution is 5.94. The van der Waals surface area contributed by atoms with Crippen molar-refractivity contribution in [1.82, 2.24) is 15.1 Å². The number of carbonyl (C=O) groups excluding carboxylic acids is 4. The molecule has 60 heavy (non-hydrogen) atoms. The first-order chi connectivity index (χ1) is 29.1. The van der Waals surface area contributed by atoms with E-state index in [1.54, 1.807) is 11.9 Å². The lowest BCUT2D eigenvalue weighted by molar-refractivity contribution is -0.164. The number of likely N-dealkylation sites (N-methyl/N-ethyl adjacent to an activating group) is 1. The molecule has 0 bridgehead atoms. The first-order valence-corrected chi connectivity index (χ1v) is 21.1. The molecule has 9 nitrogen and oxygen atoms in total. The highest BCUT2D eigenvalue weighted by Crippen LogP contribution is 2.45. The smallest absolute Gasteiger partial charge is 0.407 e. The molecule has 1 aliphatic carbocycles. The van der Waals surface area contributed by atoms with Gasteiger partial charge < -0.3 is 24.6 Å². The van der Waals surface area contributed by atoms with Gasteiger partial charge in [0.2, 0.25) is 11.8 Å². The third kappa shape index (κ3) is 8.18. The average Bonchev–Trinajstić information content (AvgIpc) is 3.91. The number of hydrogen-bond donors (Lipinski definition) is 1. The standard InChI is InChI=1S/C51H55N3O6/c1-6-35(4)45(52-50(58)59-33-43-41-29-18-16-27-39(41)40-28-17-19-30-42(40)43)47(55)53(5)46(34(2)3)48(56)54-32-20-31-44(54)49(57)60-51(36-21-10-7-11-22-36,37-23-12-8-13-24-37)38-25-14-9-15-26-38/h7-19,21-30,34-35,43-46H,6,20,31-33H2,1-5H3,(H,52,58)/t35-,44-,45-,46-/m0/s1. The highest BCUT2D eigenvalue weighted by Gasteiger charge is 2.47. The molecule has 0 aromatic heterocycles. The van der Waals surface area contributed by atoms with Gasteiger partial charge in [0, 0.05) is 36.2 Å². The average molecular weight is 806 g/mol. The van der Waals surface area contributed by atoms with E-state index in [2.05, 4.69) is 29.6 Å². The molecule has 1 fully saturated rings. The van der Waals surface area contributed by atoms with Crippen molar-refractivity contribution in [2.75, 3.05) is 20.2 Å². The number of benzene rings is 5. The fourth-order valence-corrected chi connectivity index (χ4v) is 9.06. The largest absolute Gasteiger partial charge is 0.449 e.